The first-order chi connectivity index (χ1) is 15.6. The van der Waals surface area contributed by atoms with Gasteiger partial charge in [0, 0.05) is 45.0 Å². The largest absolute Gasteiger partial charge is 0.482 e. The lowest BCUT2D eigenvalue weighted by atomic mass is 10.2. The van der Waals surface area contributed by atoms with E-state index in [4.69, 9.17) is 4.74 Å². The summed E-state index contributed by atoms with van der Waals surface area (Å²) in [6.45, 7) is 3.16. The quantitative estimate of drug-likeness (QED) is 0.701. The van der Waals surface area contributed by atoms with Gasteiger partial charge >= 0.3 is 0 Å². The van der Waals surface area contributed by atoms with Gasteiger partial charge in [-0.05, 0) is 42.8 Å². The van der Waals surface area contributed by atoms with Crippen molar-refractivity contribution in [2.75, 3.05) is 56.6 Å². The van der Waals surface area contributed by atoms with Crippen LogP contribution in [0.4, 0.5) is 15.8 Å². The highest BCUT2D eigenvalue weighted by Gasteiger charge is 2.30. The Morgan fingerprint density at radius 3 is 2.48 bits per heavy atom. The van der Waals surface area contributed by atoms with Crippen LogP contribution in [-0.2, 0) is 19.6 Å². The van der Waals surface area contributed by atoms with Gasteiger partial charge < -0.3 is 19.9 Å². The third kappa shape index (κ3) is 4.79. The molecule has 1 saturated heterocycles. The van der Waals surface area contributed by atoms with Crippen LogP contribution in [0.3, 0.4) is 0 Å². The Kier molecular flexibility index (Phi) is 6.26. The predicted molar refractivity (Wildman–Crippen MR) is 120 cm³/mol. The maximum atomic E-state index is 13.2. The highest BCUT2D eigenvalue weighted by molar-refractivity contribution is 7.89. The number of carbonyl (C=O) groups excluding carboxylic acids is 2. The van der Waals surface area contributed by atoms with Crippen LogP contribution in [-0.4, -0.2) is 75.8 Å². The number of ether oxygens (including phenoxy) is 1. The molecule has 0 unspecified atom stereocenters. The monoisotopic (exact) mass is 476 g/mol. The van der Waals surface area contributed by atoms with Crippen molar-refractivity contribution in [3.8, 4) is 5.75 Å². The number of nitrogens with one attached hydrogen (secondary N) is 1. The molecule has 0 aromatic heterocycles. The Morgan fingerprint density at radius 1 is 1.15 bits per heavy atom. The maximum absolute atomic E-state index is 13.2. The molecule has 33 heavy (non-hydrogen) atoms. The van der Waals surface area contributed by atoms with E-state index in [0.29, 0.717) is 37.4 Å². The van der Waals surface area contributed by atoms with E-state index in [0.717, 1.165) is 9.99 Å². The summed E-state index contributed by atoms with van der Waals surface area (Å²) in [6, 6.07) is 9.11. The van der Waals surface area contributed by atoms with Crippen molar-refractivity contribution in [1.82, 2.24) is 9.21 Å². The molecule has 0 bridgehead atoms. The second-order valence-electron chi connectivity index (χ2n) is 8.06. The smallest absolute Gasteiger partial charge is 0.262 e. The molecular weight excluding hydrogens is 451 g/mol. The first-order valence-corrected chi connectivity index (χ1v) is 11.9. The first-order valence-electron chi connectivity index (χ1n) is 10.5. The number of sulfonamides is 1. The number of amides is 2. The highest BCUT2D eigenvalue weighted by Crippen LogP contribution is 2.33. The molecule has 2 heterocycles. The van der Waals surface area contributed by atoms with Crippen molar-refractivity contribution < 1.29 is 27.1 Å². The summed E-state index contributed by atoms with van der Waals surface area (Å²) in [4.78, 5) is 28.0. The molecule has 2 aliphatic rings. The van der Waals surface area contributed by atoms with Crippen LogP contribution in [0.15, 0.2) is 41.3 Å². The SMILES string of the molecule is Cc1cc2c(cc1S(=O)(=O)N(C)CC(=O)N1CCN(c3ccc(F)cc3)CC1)OCC(=O)N2. The van der Waals surface area contributed by atoms with Gasteiger partial charge in [0.1, 0.15) is 11.6 Å². The van der Waals surface area contributed by atoms with E-state index < -0.39 is 10.0 Å². The summed E-state index contributed by atoms with van der Waals surface area (Å²) in [7, 11) is -2.60. The Labute approximate surface area is 191 Å². The normalized spacial score (nSPS) is 16.3. The number of hydrogen-bond acceptors (Lipinski definition) is 6. The second-order valence-corrected chi connectivity index (χ2v) is 10.1. The Hall–Kier alpha value is -3.18. The minimum absolute atomic E-state index is 0.0221. The molecule has 0 radical (unpaired) electrons. The number of fused-ring (bicyclic) bond motifs is 1. The fraction of sp³-hybridized carbons (Fsp3) is 0.364. The van der Waals surface area contributed by atoms with Crippen molar-refractivity contribution in [3.05, 3.63) is 47.8 Å². The molecule has 2 aromatic rings. The number of likely N-dealkylation sites (N-methyl/N-ethyl adjacent to an activating group) is 1. The molecule has 0 spiro atoms. The topological polar surface area (TPSA) is 99.3 Å². The zero-order valence-corrected chi connectivity index (χ0v) is 19.2. The number of nitrogens with zero attached hydrogens (tertiary/aromatic N) is 3. The number of hydrogen-bond donors (Lipinski definition) is 1. The predicted octanol–water partition coefficient (Wildman–Crippen LogP) is 1.43. The van der Waals surface area contributed by atoms with E-state index in [9.17, 15) is 22.4 Å². The Balaban J connectivity index is 1.40. The summed E-state index contributed by atoms with van der Waals surface area (Å²) in [5, 5.41) is 2.65. The number of piperazine rings is 1. The lowest BCUT2D eigenvalue weighted by Crippen LogP contribution is -2.51. The van der Waals surface area contributed by atoms with Gasteiger partial charge in [-0.25, -0.2) is 12.8 Å². The summed E-state index contributed by atoms with van der Waals surface area (Å²) < 4.78 is 45.8. The summed E-state index contributed by atoms with van der Waals surface area (Å²) in [6.07, 6.45) is 0. The third-order valence-corrected chi connectivity index (χ3v) is 7.73. The Morgan fingerprint density at radius 2 is 1.82 bits per heavy atom. The van der Waals surface area contributed by atoms with Crippen LogP contribution in [0.2, 0.25) is 0 Å². The van der Waals surface area contributed by atoms with Gasteiger partial charge in [0.15, 0.2) is 6.61 Å². The van der Waals surface area contributed by atoms with Crippen molar-refractivity contribution >= 4 is 33.2 Å². The molecule has 0 saturated carbocycles. The third-order valence-electron chi connectivity index (χ3n) is 5.78. The van der Waals surface area contributed by atoms with Gasteiger partial charge in [0.05, 0.1) is 17.1 Å². The zero-order valence-electron chi connectivity index (χ0n) is 18.4. The van der Waals surface area contributed by atoms with Crippen LogP contribution in [0.25, 0.3) is 0 Å². The Bertz CT molecular complexity index is 1180. The number of halogens is 1. The fourth-order valence-electron chi connectivity index (χ4n) is 3.90. The summed E-state index contributed by atoms with van der Waals surface area (Å²) in [5.74, 6) is -0.628. The summed E-state index contributed by atoms with van der Waals surface area (Å²) in [5.41, 5.74) is 1.73. The van der Waals surface area contributed by atoms with Gasteiger partial charge in [-0.2, -0.15) is 4.31 Å². The van der Waals surface area contributed by atoms with Crippen LogP contribution in [0, 0.1) is 12.7 Å². The van der Waals surface area contributed by atoms with Crippen LogP contribution in [0.1, 0.15) is 5.56 Å². The number of aryl methyl sites for hydroxylation is 1. The van der Waals surface area contributed by atoms with E-state index in [1.165, 1.54) is 25.2 Å². The average molecular weight is 477 g/mol. The standard InChI is InChI=1S/C22H25FN4O5S/c1-15-11-18-19(32-14-21(28)24-18)12-20(15)33(30,31)25(2)13-22(29)27-9-7-26(8-10-27)17-5-3-16(23)4-6-17/h3-6,11-12H,7-10,13-14H2,1-2H3,(H,24,28). The van der Waals surface area contributed by atoms with Gasteiger partial charge in [-0.3, -0.25) is 9.59 Å². The fourth-order valence-corrected chi connectivity index (χ4v) is 5.24. The lowest BCUT2D eigenvalue weighted by molar-refractivity contribution is -0.131. The zero-order chi connectivity index (χ0) is 23.8. The molecule has 1 N–H and O–H groups in total. The minimum atomic E-state index is -3.96. The van der Waals surface area contributed by atoms with E-state index in [1.54, 1.807) is 30.0 Å². The molecule has 0 atom stereocenters. The van der Waals surface area contributed by atoms with E-state index >= 15 is 0 Å². The lowest BCUT2D eigenvalue weighted by Gasteiger charge is -2.36. The molecule has 11 heteroatoms. The number of carbonyl (C=O) groups is 2. The number of rotatable bonds is 5. The van der Waals surface area contributed by atoms with E-state index in [1.807, 2.05) is 0 Å². The summed E-state index contributed by atoms with van der Waals surface area (Å²) >= 11 is 0. The van der Waals surface area contributed by atoms with Crippen molar-refractivity contribution in [3.63, 3.8) is 0 Å². The van der Waals surface area contributed by atoms with Gasteiger partial charge in [-0.15, -0.1) is 0 Å². The molecule has 2 aromatic carbocycles. The van der Waals surface area contributed by atoms with Gasteiger partial charge in [0.25, 0.3) is 5.91 Å². The molecule has 1 fully saturated rings. The molecule has 2 amide bonds. The number of anilines is 2. The van der Waals surface area contributed by atoms with Crippen molar-refractivity contribution in [1.29, 1.82) is 0 Å². The first kappa shape index (κ1) is 23.0. The molecule has 2 aliphatic heterocycles. The maximum Gasteiger partial charge on any atom is 0.262 e. The average Bonchev–Trinajstić information content (AvgIpc) is 2.79. The second kappa shape index (κ2) is 8.99. The molecule has 4 rings (SSSR count). The van der Waals surface area contributed by atoms with Crippen molar-refractivity contribution in [2.24, 2.45) is 0 Å². The molecule has 0 aliphatic carbocycles. The molecule has 176 valence electrons. The molecule has 9 nitrogen and oxygen atoms in total. The minimum Gasteiger partial charge on any atom is -0.482 e. The highest BCUT2D eigenvalue weighted by atomic mass is 32.2. The van der Waals surface area contributed by atoms with E-state index in [2.05, 4.69) is 10.2 Å². The number of benzene rings is 2. The van der Waals surface area contributed by atoms with Gasteiger partial charge in [-0.1, -0.05) is 0 Å². The van der Waals surface area contributed by atoms with Crippen LogP contribution < -0.4 is 15.0 Å². The van der Waals surface area contributed by atoms with Crippen molar-refractivity contribution in [2.45, 2.75) is 11.8 Å². The van der Waals surface area contributed by atoms with Gasteiger partial charge in [0.2, 0.25) is 15.9 Å². The van der Waals surface area contributed by atoms with Crippen LogP contribution >= 0.6 is 0 Å². The van der Waals surface area contributed by atoms with Crippen LogP contribution in [0.5, 0.6) is 5.75 Å². The van der Waals surface area contributed by atoms with E-state index in [-0.39, 0.29) is 41.4 Å². The molecular formula is C22H25FN4O5S.